The van der Waals surface area contributed by atoms with E-state index in [0.29, 0.717) is 24.7 Å². The summed E-state index contributed by atoms with van der Waals surface area (Å²) in [6, 6.07) is 0. The molecule has 0 radical (unpaired) electrons. The zero-order valence-electron chi connectivity index (χ0n) is 10.2. The van der Waals surface area contributed by atoms with Crippen LogP contribution in [0.3, 0.4) is 0 Å². The Morgan fingerprint density at radius 3 is 2.62 bits per heavy atom. The highest BCUT2D eigenvalue weighted by Crippen LogP contribution is 2.21. The minimum atomic E-state index is -0.308. The predicted octanol–water partition coefficient (Wildman–Crippen LogP) is 1.28. The van der Waals surface area contributed by atoms with Gasteiger partial charge in [0.05, 0.1) is 18.8 Å². The third kappa shape index (κ3) is 3.34. The SMILES string of the molecule is COc1nc(C)nc(NCC[C@H](C)O)c1C. The van der Waals surface area contributed by atoms with E-state index < -0.39 is 0 Å². The Bertz CT molecular complexity index is 353. The van der Waals surface area contributed by atoms with Gasteiger partial charge in [0.2, 0.25) is 5.88 Å². The molecule has 5 heteroatoms. The van der Waals surface area contributed by atoms with E-state index in [0.717, 1.165) is 11.4 Å². The van der Waals surface area contributed by atoms with Gasteiger partial charge in [-0.1, -0.05) is 0 Å². The van der Waals surface area contributed by atoms with Crippen LogP contribution in [-0.4, -0.2) is 34.8 Å². The minimum Gasteiger partial charge on any atom is -0.481 e. The Kier molecular flexibility index (Phi) is 4.49. The molecule has 1 aromatic rings. The van der Waals surface area contributed by atoms with Crippen molar-refractivity contribution in [1.29, 1.82) is 0 Å². The molecule has 0 aliphatic heterocycles. The van der Waals surface area contributed by atoms with Crippen molar-refractivity contribution in [3.05, 3.63) is 11.4 Å². The van der Waals surface area contributed by atoms with Crippen LogP contribution in [0.1, 0.15) is 24.7 Å². The topological polar surface area (TPSA) is 67.3 Å². The first kappa shape index (κ1) is 12.7. The first-order valence-corrected chi connectivity index (χ1v) is 5.35. The summed E-state index contributed by atoms with van der Waals surface area (Å²) in [6.07, 6.45) is 0.378. The summed E-state index contributed by atoms with van der Waals surface area (Å²) >= 11 is 0. The van der Waals surface area contributed by atoms with Crippen molar-refractivity contribution in [3.63, 3.8) is 0 Å². The number of hydrogen-bond acceptors (Lipinski definition) is 5. The van der Waals surface area contributed by atoms with Crippen molar-refractivity contribution in [2.75, 3.05) is 19.0 Å². The van der Waals surface area contributed by atoms with Gasteiger partial charge in [-0.2, -0.15) is 4.98 Å². The van der Waals surface area contributed by atoms with E-state index in [-0.39, 0.29) is 6.10 Å². The number of aliphatic hydroxyl groups excluding tert-OH is 1. The molecule has 0 saturated carbocycles. The van der Waals surface area contributed by atoms with Gasteiger partial charge in [-0.15, -0.1) is 0 Å². The number of anilines is 1. The zero-order chi connectivity index (χ0) is 12.1. The summed E-state index contributed by atoms with van der Waals surface area (Å²) in [5, 5.41) is 12.3. The molecule has 1 heterocycles. The van der Waals surface area contributed by atoms with Crippen LogP contribution in [-0.2, 0) is 0 Å². The highest BCUT2D eigenvalue weighted by molar-refractivity contribution is 5.48. The molecule has 2 N–H and O–H groups in total. The van der Waals surface area contributed by atoms with E-state index in [1.165, 1.54) is 0 Å². The molecule has 0 fully saturated rings. The van der Waals surface area contributed by atoms with Crippen LogP contribution >= 0.6 is 0 Å². The second-order valence-corrected chi connectivity index (χ2v) is 3.82. The van der Waals surface area contributed by atoms with Gasteiger partial charge < -0.3 is 15.2 Å². The fourth-order valence-electron chi connectivity index (χ4n) is 1.37. The molecule has 0 aromatic carbocycles. The first-order valence-electron chi connectivity index (χ1n) is 5.35. The fourth-order valence-corrected chi connectivity index (χ4v) is 1.37. The summed E-state index contributed by atoms with van der Waals surface area (Å²) < 4.78 is 5.15. The van der Waals surface area contributed by atoms with Crippen molar-refractivity contribution >= 4 is 5.82 Å². The van der Waals surface area contributed by atoms with E-state index in [2.05, 4.69) is 15.3 Å². The van der Waals surface area contributed by atoms with Gasteiger partial charge in [-0.3, -0.25) is 0 Å². The van der Waals surface area contributed by atoms with Crippen LogP contribution in [0.4, 0.5) is 5.82 Å². The van der Waals surface area contributed by atoms with Gasteiger partial charge in [0.1, 0.15) is 11.6 Å². The largest absolute Gasteiger partial charge is 0.481 e. The predicted molar refractivity (Wildman–Crippen MR) is 62.8 cm³/mol. The fraction of sp³-hybridized carbons (Fsp3) is 0.636. The number of nitrogens with one attached hydrogen (secondary N) is 1. The van der Waals surface area contributed by atoms with Crippen molar-refractivity contribution in [1.82, 2.24) is 9.97 Å². The normalized spacial score (nSPS) is 12.3. The third-order valence-electron chi connectivity index (χ3n) is 2.26. The molecule has 0 aliphatic carbocycles. The van der Waals surface area contributed by atoms with Crippen molar-refractivity contribution in [2.24, 2.45) is 0 Å². The monoisotopic (exact) mass is 225 g/mol. The zero-order valence-corrected chi connectivity index (χ0v) is 10.2. The average molecular weight is 225 g/mol. The number of aryl methyl sites for hydroxylation is 1. The first-order chi connectivity index (χ1) is 7.54. The maximum Gasteiger partial charge on any atom is 0.221 e. The lowest BCUT2D eigenvalue weighted by Gasteiger charge is -2.12. The molecule has 5 nitrogen and oxygen atoms in total. The third-order valence-corrected chi connectivity index (χ3v) is 2.26. The van der Waals surface area contributed by atoms with Gasteiger partial charge in [-0.05, 0) is 27.2 Å². The van der Waals surface area contributed by atoms with Crippen LogP contribution < -0.4 is 10.1 Å². The molecule has 1 aromatic heterocycles. The maximum absolute atomic E-state index is 9.16. The molecule has 1 atom stereocenters. The van der Waals surface area contributed by atoms with Crippen molar-refractivity contribution in [3.8, 4) is 5.88 Å². The number of rotatable bonds is 5. The van der Waals surface area contributed by atoms with E-state index in [9.17, 15) is 0 Å². The second kappa shape index (κ2) is 5.65. The Hall–Kier alpha value is -1.36. The van der Waals surface area contributed by atoms with Crippen LogP contribution in [0.2, 0.25) is 0 Å². The molecule has 0 spiro atoms. The summed E-state index contributed by atoms with van der Waals surface area (Å²) in [5.74, 6) is 2.03. The molecule has 0 aliphatic rings. The molecule has 0 amide bonds. The molecular formula is C11H19N3O2. The minimum absolute atomic E-state index is 0.308. The van der Waals surface area contributed by atoms with Crippen molar-refractivity contribution in [2.45, 2.75) is 33.3 Å². The Labute approximate surface area is 95.9 Å². The molecule has 16 heavy (non-hydrogen) atoms. The second-order valence-electron chi connectivity index (χ2n) is 3.82. The van der Waals surface area contributed by atoms with E-state index in [4.69, 9.17) is 9.84 Å². The van der Waals surface area contributed by atoms with Crippen LogP contribution in [0.5, 0.6) is 5.88 Å². The van der Waals surface area contributed by atoms with Crippen LogP contribution in [0.15, 0.2) is 0 Å². The summed E-state index contributed by atoms with van der Waals surface area (Å²) in [7, 11) is 1.59. The number of aromatic nitrogens is 2. The number of ether oxygens (including phenoxy) is 1. The highest BCUT2D eigenvalue weighted by atomic mass is 16.5. The van der Waals surface area contributed by atoms with Crippen LogP contribution in [0.25, 0.3) is 0 Å². The molecule has 1 rings (SSSR count). The molecule has 90 valence electrons. The Morgan fingerprint density at radius 1 is 1.38 bits per heavy atom. The van der Waals surface area contributed by atoms with Crippen LogP contribution in [0, 0.1) is 13.8 Å². The number of hydrogen-bond donors (Lipinski definition) is 2. The summed E-state index contributed by atoms with van der Waals surface area (Å²) in [4.78, 5) is 8.47. The number of methoxy groups -OCH3 is 1. The summed E-state index contributed by atoms with van der Waals surface area (Å²) in [6.45, 7) is 6.17. The summed E-state index contributed by atoms with van der Waals surface area (Å²) in [5.41, 5.74) is 0.888. The highest BCUT2D eigenvalue weighted by Gasteiger charge is 2.09. The average Bonchev–Trinajstić information content (AvgIpc) is 2.22. The lowest BCUT2D eigenvalue weighted by molar-refractivity contribution is 0.188. The van der Waals surface area contributed by atoms with Gasteiger partial charge in [0.15, 0.2) is 0 Å². The van der Waals surface area contributed by atoms with Gasteiger partial charge in [0.25, 0.3) is 0 Å². The smallest absolute Gasteiger partial charge is 0.221 e. The Morgan fingerprint density at radius 2 is 2.06 bits per heavy atom. The quantitative estimate of drug-likeness (QED) is 0.790. The standard InChI is InChI=1S/C11H19N3O2/c1-7(15)5-6-12-10-8(2)11(16-4)14-9(3)13-10/h7,15H,5-6H2,1-4H3,(H,12,13,14)/t7-/m0/s1. The van der Waals surface area contributed by atoms with Gasteiger partial charge in [0, 0.05) is 6.54 Å². The van der Waals surface area contributed by atoms with E-state index in [1.54, 1.807) is 14.0 Å². The van der Waals surface area contributed by atoms with Gasteiger partial charge >= 0.3 is 0 Å². The maximum atomic E-state index is 9.16. The number of nitrogens with zero attached hydrogens (tertiary/aromatic N) is 2. The Balaban J connectivity index is 2.75. The molecule has 0 bridgehead atoms. The number of aliphatic hydroxyl groups is 1. The lowest BCUT2D eigenvalue weighted by Crippen LogP contribution is -2.12. The van der Waals surface area contributed by atoms with E-state index in [1.807, 2.05) is 13.8 Å². The lowest BCUT2D eigenvalue weighted by atomic mass is 10.2. The van der Waals surface area contributed by atoms with Crippen molar-refractivity contribution < 1.29 is 9.84 Å². The van der Waals surface area contributed by atoms with Gasteiger partial charge in [-0.25, -0.2) is 4.98 Å². The molecule has 0 saturated heterocycles. The molecule has 0 unspecified atom stereocenters. The molecular weight excluding hydrogens is 206 g/mol. The van der Waals surface area contributed by atoms with E-state index >= 15 is 0 Å².